The quantitative estimate of drug-likeness (QED) is 0.756. The summed E-state index contributed by atoms with van der Waals surface area (Å²) >= 11 is 5.87. The minimum Gasteiger partial charge on any atom is -0.342 e. The van der Waals surface area contributed by atoms with Crippen LogP contribution >= 0.6 is 24.0 Å². The summed E-state index contributed by atoms with van der Waals surface area (Å²) in [5, 5.41) is 3.66. The average molecular weight is 232 g/mol. The highest BCUT2D eigenvalue weighted by Crippen LogP contribution is 2.19. The number of amidine groups is 1. The van der Waals surface area contributed by atoms with Gasteiger partial charge in [-0.1, -0.05) is 11.6 Å². The minimum absolute atomic E-state index is 0. The van der Waals surface area contributed by atoms with Gasteiger partial charge in [0.2, 0.25) is 0 Å². The summed E-state index contributed by atoms with van der Waals surface area (Å²) in [6.07, 6.45) is 3.80. The summed E-state index contributed by atoms with van der Waals surface area (Å²) in [7, 11) is 0. The molecule has 76 valence electrons. The van der Waals surface area contributed by atoms with Crippen LogP contribution in [0.4, 0.5) is 5.69 Å². The van der Waals surface area contributed by atoms with Crippen LogP contribution in [-0.4, -0.2) is 17.4 Å². The molecule has 1 aromatic heterocycles. The number of pyridine rings is 1. The Morgan fingerprint density at radius 1 is 1.43 bits per heavy atom. The van der Waals surface area contributed by atoms with Gasteiger partial charge in [-0.25, -0.2) is 4.98 Å². The number of halogens is 2. The number of hydrogen-bond acceptors (Lipinski definition) is 3. The van der Waals surface area contributed by atoms with Crippen molar-refractivity contribution >= 4 is 35.5 Å². The molecule has 0 spiro atoms. The molecule has 0 atom stereocenters. The smallest absolute Gasteiger partial charge is 0.152 e. The van der Waals surface area contributed by atoms with Crippen LogP contribution in [0.2, 0.25) is 5.15 Å². The standard InChI is InChI=1S/C9H10ClN3.ClH/c10-9-7(3-1-6-12-9)13-8-4-2-5-11-8;/h1,3,6H,2,4-5H2,(H,11,13);1H. The average Bonchev–Trinajstić information content (AvgIpc) is 2.61. The molecule has 0 amide bonds. The van der Waals surface area contributed by atoms with Gasteiger partial charge in [-0.3, -0.25) is 4.99 Å². The third kappa shape index (κ3) is 2.59. The fraction of sp³-hybridized carbons (Fsp3) is 0.333. The van der Waals surface area contributed by atoms with Gasteiger partial charge in [0.05, 0.1) is 5.69 Å². The van der Waals surface area contributed by atoms with Crippen LogP contribution < -0.4 is 5.32 Å². The highest BCUT2D eigenvalue weighted by Gasteiger charge is 2.07. The summed E-state index contributed by atoms with van der Waals surface area (Å²) < 4.78 is 0. The first kappa shape index (κ1) is 11.3. The molecule has 1 aromatic rings. The van der Waals surface area contributed by atoms with Gasteiger partial charge in [0.25, 0.3) is 0 Å². The molecule has 2 rings (SSSR count). The molecule has 1 N–H and O–H groups in total. The molecule has 0 aliphatic carbocycles. The predicted molar refractivity (Wildman–Crippen MR) is 61.7 cm³/mol. The predicted octanol–water partition coefficient (Wildman–Crippen LogP) is 2.76. The van der Waals surface area contributed by atoms with Gasteiger partial charge in [-0.05, 0) is 18.6 Å². The molecule has 0 aromatic carbocycles. The Morgan fingerprint density at radius 3 is 2.93 bits per heavy atom. The Morgan fingerprint density at radius 2 is 2.29 bits per heavy atom. The van der Waals surface area contributed by atoms with Crippen molar-refractivity contribution in [3.05, 3.63) is 23.5 Å². The van der Waals surface area contributed by atoms with E-state index in [-0.39, 0.29) is 12.4 Å². The Hall–Kier alpha value is -0.800. The lowest BCUT2D eigenvalue weighted by atomic mass is 10.3. The summed E-state index contributed by atoms with van der Waals surface area (Å²) in [6, 6.07) is 3.75. The van der Waals surface area contributed by atoms with E-state index in [0.717, 1.165) is 30.9 Å². The van der Waals surface area contributed by atoms with Gasteiger partial charge < -0.3 is 5.32 Å². The Kier molecular flexibility index (Phi) is 4.17. The number of rotatable bonds is 1. The van der Waals surface area contributed by atoms with Crippen LogP contribution in [0, 0.1) is 0 Å². The van der Waals surface area contributed by atoms with Gasteiger partial charge in [0.15, 0.2) is 5.15 Å². The zero-order valence-corrected chi connectivity index (χ0v) is 9.11. The highest BCUT2D eigenvalue weighted by molar-refractivity contribution is 6.32. The molecule has 0 fully saturated rings. The molecule has 1 aliphatic rings. The zero-order chi connectivity index (χ0) is 9.10. The number of hydrogen-bond donors (Lipinski definition) is 1. The number of anilines is 1. The third-order valence-corrected chi connectivity index (χ3v) is 2.21. The summed E-state index contributed by atoms with van der Waals surface area (Å²) in [5.74, 6) is 1.01. The molecule has 0 unspecified atom stereocenters. The van der Waals surface area contributed by atoms with Crippen molar-refractivity contribution in [1.29, 1.82) is 0 Å². The first-order valence-electron chi connectivity index (χ1n) is 4.27. The fourth-order valence-corrected chi connectivity index (χ4v) is 1.44. The van der Waals surface area contributed by atoms with Crippen molar-refractivity contribution in [2.24, 2.45) is 4.99 Å². The Balaban J connectivity index is 0.000000980. The van der Waals surface area contributed by atoms with Crippen LogP contribution in [0.5, 0.6) is 0 Å². The second-order valence-corrected chi connectivity index (χ2v) is 3.26. The van der Waals surface area contributed by atoms with Crippen LogP contribution in [0.15, 0.2) is 23.3 Å². The molecule has 3 nitrogen and oxygen atoms in total. The van der Waals surface area contributed by atoms with E-state index in [4.69, 9.17) is 11.6 Å². The maximum atomic E-state index is 5.87. The maximum Gasteiger partial charge on any atom is 0.152 e. The van der Waals surface area contributed by atoms with E-state index in [1.54, 1.807) is 6.20 Å². The van der Waals surface area contributed by atoms with Crippen molar-refractivity contribution in [3.63, 3.8) is 0 Å². The van der Waals surface area contributed by atoms with Crippen LogP contribution in [0.1, 0.15) is 12.8 Å². The first-order valence-corrected chi connectivity index (χ1v) is 4.65. The van der Waals surface area contributed by atoms with Crippen molar-refractivity contribution in [3.8, 4) is 0 Å². The highest BCUT2D eigenvalue weighted by atomic mass is 35.5. The molecule has 0 saturated heterocycles. The number of nitrogens with one attached hydrogen (secondary N) is 1. The molecule has 5 heteroatoms. The lowest BCUT2D eigenvalue weighted by molar-refractivity contribution is 0.951. The monoisotopic (exact) mass is 231 g/mol. The van der Waals surface area contributed by atoms with Crippen LogP contribution in [0.3, 0.4) is 0 Å². The lowest BCUT2D eigenvalue weighted by Crippen LogP contribution is -2.08. The number of nitrogens with zero attached hydrogens (tertiary/aromatic N) is 2. The first-order chi connectivity index (χ1) is 6.36. The molecule has 2 heterocycles. The number of aliphatic imine (C=N–C) groups is 1. The molecule has 0 radical (unpaired) electrons. The van der Waals surface area contributed by atoms with Crippen LogP contribution in [-0.2, 0) is 0 Å². The molecule has 0 saturated carbocycles. The number of aromatic nitrogens is 1. The maximum absolute atomic E-state index is 5.87. The van der Waals surface area contributed by atoms with E-state index < -0.39 is 0 Å². The van der Waals surface area contributed by atoms with E-state index in [0.29, 0.717) is 5.15 Å². The van der Waals surface area contributed by atoms with E-state index in [2.05, 4.69) is 15.3 Å². The SMILES string of the molecule is Cl.Clc1ncccc1NC1=NCCC1. The normalized spacial score (nSPS) is 14.5. The Bertz CT molecular complexity index is 339. The van der Waals surface area contributed by atoms with Crippen molar-refractivity contribution in [2.45, 2.75) is 12.8 Å². The largest absolute Gasteiger partial charge is 0.342 e. The van der Waals surface area contributed by atoms with Crippen molar-refractivity contribution in [1.82, 2.24) is 4.98 Å². The molecule has 14 heavy (non-hydrogen) atoms. The van der Waals surface area contributed by atoms with Gasteiger partial charge in [-0.15, -0.1) is 12.4 Å². The van der Waals surface area contributed by atoms with Crippen LogP contribution in [0.25, 0.3) is 0 Å². The molecule has 1 aliphatic heterocycles. The fourth-order valence-electron chi connectivity index (χ4n) is 1.28. The van der Waals surface area contributed by atoms with Gasteiger partial charge in [0.1, 0.15) is 5.84 Å². The Labute approximate surface area is 94.0 Å². The topological polar surface area (TPSA) is 37.3 Å². The van der Waals surface area contributed by atoms with E-state index in [9.17, 15) is 0 Å². The summed E-state index contributed by atoms with van der Waals surface area (Å²) in [4.78, 5) is 8.26. The van der Waals surface area contributed by atoms with Gasteiger partial charge in [0, 0.05) is 19.2 Å². The molecular weight excluding hydrogens is 221 g/mol. The van der Waals surface area contributed by atoms with E-state index in [1.807, 2.05) is 12.1 Å². The zero-order valence-electron chi connectivity index (χ0n) is 7.53. The van der Waals surface area contributed by atoms with Crippen molar-refractivity contribution in [2.75, 3.05) is 11.9 Å². The third-order valence-electron chi connectivity index (χ3n) is 1.91. The second kappa shape index (κ2) is 5.17. The second-order valence-electron chi connectivity index (χ2n) is 2.90. The lowest BCUT2D eigenvalue weighted by Gasteiger charge is -2.05. The van der Waals surface area contributed by atoms with E-state index >= 15 is 0 Å². The molecule has 0 bridgehead atoms. The van der Waals surface area contributed by atoms with Crippen molar-refractivity contribution < 1.29 is 0 Å². The van der Waals surface area contributed by atoms with Gasteiger partial charge in [-0.2, -0.15) is 0 Å². The van der Waals surface area contributed by atoms with Gasteiger partial charge >= 0.3 is 0 Å². The van der Waals surface area contributed by atoms with E-state index in [1.165, 1.54) is 0 Å². The summed E-state index contributed by atoms with van der Waals surface area (Å²) in [5.41, 5.74) is 0.838. The minimum atomic E-state index is 0. The summed E-state index contributed by atoms with van der Waals surface area (Å²) in [6.45, 7) is 0.917. The molecular formula is C9H11Cl2N3.